The van der Waals surface area contributed by atoms with Gasteiger partial charge in [-0.1, -0.05) is 29.4 Å². The van der Waals surface area contributed by atoms with Crippen molar-refractivity contribution in [1.82, 2.24) is 15.1 Å². The van der Waals surface area contributed by atoms with E-state index in [1.807, 2.05) is 19.1 Å². The van der Waals surface area contributed by atoms with Gasteiger partial charge in [-0.2, -0.15) is 0 Å². The first-order valence-corrected chi connectivity index (χ1v) is 12.5. The van der Waals surface area contributed by atoms with Gasteiger partial charge in [-0.3, -0.25) is 0 Å². The molecule has 35 heavy (non-hydrogen) atoms. The van der Waals surface area contributed by atoms with Crippen molar-refractivity contribution in [1.29, 1.82) is 0 Å². The summed E-state index contributed by atoms with van der Waals surface area (Å²) in [4.78, 5) is 22.7. The topological polar surface area (TPSA) is 102 Å². The third-order valence-corrected chi connectivity index (χ3v) is 7.61. The molecule has 1 N–H and O–H groups in total. The van der Waals surface area contributed by atoms with Gasteiger partial charge in [-0.15, -0.1) is 0 Å². The minimum atomic E-state index is -1.02. The molecule has 2 aromatic heterocycles. The number of hydrogen-bond donors (Lipinski definition) is 1. The molecule has 0 amide bonds. The molecule has 2 aliphatic heterocycles. The summed E-state index contributed by atoms with van der Waals surface area (Å²) in [6.07, 6.45) is 6.25. The number of hydrogen-bond acceptors (Lipinski definition) is 7. The van der Waals surface area contributed by atoms with Gasteiger partial charge in [-0.25, -0.2) is 14.8 Å². The Morgan fingerprint density at radius 2 is 1.86 bits per heavy atom. The number of carboxylic acid groups (broad SMARTS) is 1. The predicted molar refractivity (Wildman–Crippen MR) is 129 cm³/mol. The molecule has 1 aliphatic carbocycles. The Bertz CT molecular complexity index is 1250. The molecule has 3 fully saturated rings. The number of aromatic nitrogens is 3. The van der Waals surface area contributed by atoms with E-state index in [2.05, 4.69) is 39.1 Å². The predicted octanol–water partition coefficient (Wildman–Crippen LogP) is 5.04. The fourth-order valence-electron chi connectivity index (χ4n) is 5.75. The number of aryl methyl sites for hydroxylation is 2. The van der Waals surface area contributed by atoms with Gasteiger partial charge >= 0.3 is 5.97 Å². The molecule has 182 valence electrons. The maximum atomic E-state index is 11.5. The van der Waals surface area contributed by atoms with Crippen molar-refractivity contribution in [3.8, 4) is 11.3 Å². The molecule has 3 aromatic rings. The smallest absolute Gasteiger partial charge is 0.354 e. The molecule has 3 aliphatic rings. The van der Waals surface area contributed by atoms with Gasteiger partial charge in [0.05, 0.1) is 12.7 Å². The van der Waals surface area contributed by atoms with E-state index in [1.54, 1.807) is 0 Å². The number of benzene rings is 1. The number of carboxylic acids is 1. The lowest BCUT2D eigenvalue weighted by molar-refractivity contribution is 0.0144. The Labute approximate surface area is 204 Å². The van der Waals surface area contributed by atoms with Crippen molar-refractivity contribution < 1.29 is 19.2 Å². The largest absolute Gasteiger partial charge is 0.477 e. The standard InChI is InChI=1S/C27H30N4O4/c1-15-5-3-4-6-21(15)24-22(25(35-30-24)17-7-8-17)14-34-20-12-18-9-10-19(13-20)31(18)27-28-16(2)11-23(29-27)26(32)33/h3-6,11,17-20H,7-10,12-14H2,1-2H3,(H,32,33)/t18-,19?,20?/m0/s1. The highest BCUT2D eigenvalue weighted by atomic mass is 16.5. The highest BCUT2D eigenvalue weighted by Crippen LogP contribution is 2.45. The number of aromatic carboxylic acids is 1. The maximum Gasteiger partial charge on any atom is 0.354 e. The van der Waals surface area contributed by atoms with Crippen LogP contribution in [0.15, 0.2) is 34.9 Å². The van der Waals surface area contributed by atoms with Crippen LogP contribution in [0, 0.1) is 13.8 Å². The van der Waals surface area contributed by atoms with E-state index in [1.165, 1.54) is 11.6 Å². The lowest BCUT2D eigenvalue weighted by Crippen LogP contribution is -2.46. The van der Waals surface area contributed by atoms with E-state index in [0.29, 0.717) is 24.2 Å². The van der Waals surface area contributed by atoms with E-state index in [4.69, 9.17) is 9.26 Å². The Hall–Kier alpha value is -3.26. The van der Waals surface area contributed by atoms with Crippen LogP contribution in [0.5, 0.6) is 0 Å². The fourth-order valence-corrected chi connectivity index (χ4v) is 5.75. The van der Waals surface area contributed by atoms with E-state index in [0.717, 1.165) is 61.1 Å². The maximum absolute atomic E-state index is 11.5. The molecule has 8 nitrogen and oxygen atoms in total. The quantitative estimate of drug-likeness (QED) is 0.508. The zero-order valence-electron chi connectivity index (χ0n) is 20.1. The Morgan fingerprint density at radius 3 is 2.54 bits per heavy atom. The minimum absolute atomic E-state index is 0.0501. The van der Waals surface area contributed by atoms with Crippen LogP contribution in [-0.2, 0) is 11.3 Å². The van der Waals surface area contributed by atoms with Crippen molar-refractivity contribution in [2.24, 2.45) is 0 Å². The van der Waals surface area contributed by atoms with Crippen molar-refractivity contribution in [2.45, 2.75) is 83.1 Å². The first-order valence-electron chi connectivity index (χ1n) is 12.5. The van der Waals surface area contributed by atoms with Crippen LogP contribution in [0.2, 0.25) is 0 Å². The molecule has 2 unspecified atom stereocenters. The number of nitrogens with zero attached hydrogens (tertiary/aromatic N) is 4. The van der Waals surface area contributed by atoms with Crippen LogP contribution in [0.1, 0.15) is 77.5 Å². The van der Waals surface area contributed by atoms with E-state index >= 15 is 0 Å². The summed E-state index contributed by atoms with van der Waals surface area (Å²) in [5.41, 5.74) is 4.99. The number of ether oxygens (including phenoxy) is 1. The Morgan fingerprint density at radius 1 is 1.11 bits per heavy atom. The third-order valence-electron chi connectivity index (χ3n) is 7.61. The SMILES string of the molecule is Cc1cc(C(=O)O)nc(N2C3CC[C@H]2CC(OCc2c(-c4ccccc4C)noc2C2CC2)C3)n1. The van der Waals surface area contributed by atoms with Crippen LogP contribution in [-0.4, -0.2) is 44.4 Å². The van der Waals surface area contributed by atoms with Gasteiger partial charge in [-0.05, 0) is 64.0 Å². The van der Waals surface area contributed by atoms with Crippen LogP contribution >= 0.6 is 0 Å². The van der Waals surface area contributed by atoms with Gasteiger partial charge in [0.15, 0.2) is 5.69 Å². The molecular formula is C27H30N4O4. The van der Waals surface area contributed by atoms with Crippen molar-refractivity contribution >= 4 is 11.9 Å². The second kappa shape index (κ2) is 8.75. The van der Waals surface area contributed by atoms with Crippen LogP contribution in [0.3, 0.4) is 0 Å². The van der Waals surface area contributed by atoms with Crippen molar-refractivity contribution in [3.63, 3.8) is 0 Å². The van der Waals surface area contributed by atoms with Crippen LogP contribution < -0.4 is 4.90 Å². The van der Waals surface area contributed by atoms with E-state index < -0.39 is 5.97 Å². The molecule has 6 rings (SSSR count). The van der Waals surface area contributed by atoms with Gasteiger partial charge in [0.2, 0.25) is 5.95 Å². The Balaban J connectivity index is 1.20. The molecule has 3 atom stereocenters. The van der Waals surface area contributed by atoms with Gasteiger partial charge in [0.1, 0.15) is 11.5 Å². The molecular weight excluding hydrogens is 444 g/mol. The molecule has 8 heteroatoms. The normalized spacial score (nSPS) is 23.6. The highest BCUT2D eigenvalue weighted by molar-refractivity contribution is 5.85. The molecule has 2 bridgehead atoms. The Kier molecular flexibility index (Phi) is 5.56. The molecule has 0 spiro atoms. The minimum Gasteiger partial charge on any atom is -0.477 e. The number of fused-ring (bicyclic) bond motifs is 2. The number of piperidine rings is 1. The van der Waals surface area contributed by atoms with Gasteiger partial charge in [0, 0.05) is 34.8 Å². The third kappa shape index (κ3) is 4.20. The summed E-state index contributed by atoms with van der Waals surface area (Å²) >= 11 is 0. The number of anilines is 1. The monoisotopic (exact) mass is 474 g/mol. The molecule has 1 saturated carbocycles. The summed E-state index contributed by atoms with van der Waals surface area (Å²) in [5.74, 6) is 0.953. The molecule has 0 radical (unpaired) electrons. The lowest BCUT2D eigenvalue weighted by atomic mass is 9.99. The van der Waals surface area contributed by atoms with Crippen LogP contribution in [0.25, 0.3) is 11.3 Å². The van der Waals surface area contributed by atoms with Crippen LogP contribution in [0.4, 0.5) is 5.95 Å². The summed E-state index contributed by atoms with van der Waals surface area (Å²) < 4.78 is 12.4. The number of carbonyl (C=O) groups is 1. The first-order chi connectivity index (χ1) is 17.0. The molecule has 4 heterocycles. The number of rotatable bonds is 7. The average Bonchev–Trinajstić information content (AvgIpc) is 3.54. The molecule has 2 saturated heterocycles. The molecule has 1 aromatic carbocycles. The first kappa shape index (κ1) is 22.2. The highest BCUT2D eigenvalue weighted by Gasteiger charge is 2.43. The average molecular weight is 475 g/mol. The van der Waals surface area contributed by atoms with Crippen molar-refractivity contribution in [3.05, 3.63) is 58.6 Å². The fraction of sp³-hybridized carbons (Fsp3) is 0.481. The van der Waals surface area contributed by atoms with E-state index in [-0.39, 0.29) is 23.9 Å². The second-order valence-corrected chi connectivity index (χ2v) is 10.2. The summed E-state index contributed by atoms with van der Waals surface area (Å²) in [5, 5.41) is 13.9. The van der Waals surface area contributed by atoms with Gasteiger partial charge in [0.25, 0.3) is 0 Å². The lowest BCUT2D eigenvalue weighted by Gasteiger charge is -2.39. The van der Waals surface area contributed by atoms with Gasteiger partial charge < -0.3 is 19.3 Å². The zero-order chi connectivity index (χ0) is 24.1. The summed E-state index contributed by atoms with van der Waals surface area (Å²) in [6, 6.07) is 10.3. The summed E-state index contributed by atoms with van der Waals surface area (Å²) in [7, 11) is 0. The van der Waals surface area contributed by atoms with Crippen molar-refractivity contribution in [2.75, 3.05) is 4.90 Å². The second-order valence-electron chi connectivity index (χ2n) is 10.2. The zero-order valence-corrected chi connectivity index (χ0v) is 20.1. The van der Waals surface area contributed by atoms with E-state index in [9.17, 15) is 9.90 Å². The summed E-state index contributed by atoms with van der Waals surface area (Å²) in [6.45, 7) is 4.41.